The third-order valence-electron chi connectivity index (χ3n) is 12.7. The zero-order chi connectivity index (χ0) is 43.8. The monoisotopic (exact) mass is 842 g/mol. The molecule has 1 aliphatic heterocycles. The summed E-state index contributed by atoms with van der Waals surface area (Å²) in [6, 6.07) is 15.6. The molecule has 1 saturated carbocycles. The van der Waals surface area contributed by atoms with Crippen LogP contribution in [0.25, 0.3) is 44.5 Å². The van der Waals surface area contributed by atoms with Crippen LogP contribution in [-0.4, -0.2) is 87.5 Å². The molecule has 2 aromatic heterocycles. The van der Waals surface area contributed by atoms with Crippen LogP contribution < -0.4 is 16.0 Å². The van der Waals surface area contributed by atoms with E-state index >= 15 is 0 Å². The number of nitrogens with zero attached hydrogens (tertiary/aromatic N) is 3. The van der Waals surface area contributed by atoms with Gasteiger partial charge >= 0.3 is 12.2 Å². The topological polar surface area (TPSA) is 200 Å². The van der Waals surface area contributed by atoms with Gasteiger partial charge in [0.25, 0.3) is 0 Å². The number of ketones is 1. The van der Waals surface area contributed by atoms with E-state index in [0.717, 1.165) is 83.1 Å². The number of aromatic amines is 2. The molecule has 15 heteroatoms. The van der Waals surface area contributed by atoms with Gasteiger partial charge < -0.3 is 40.3 Å². The Morgan fingerprint density at radius 3 is 2.00 bits per heavy atom. The van der Waals surface area contributed by atoms with Crippen LogP contribution in [0.5, 0.6) is 0 Å². The molecule has 3 heterocycles. The first-order valence-electron chi connectivity index (χ1n) is 21.5. The molecule has 0 bridgehead atoms. The van der Waals surface area contributed by atoms with Crippen molar-refractivity contribution in [2.24, 2.45) is 17.8 Å². The lowest BCUT2D eigenvalue weighted by Gasteiger charge is -2.30. The number of ether oxygens (including phenoxy) is 2. The highest BCUT2D eigenvalue weighted by molar-refractivity contribution is 6.22. The number of benzene rings is 3. The second-order valence-electron chi connectivity index (χ2n) is 17.3. The highest BCUT2D eigenvalue weighted by Gasteiger charge is 2.38. The zero-order valence-corrected chi connectivity index (χ0v) is 36.0. The van der Waals surface area contributed by atoms with Crippen molar-refractivity contribution in [3.05, 3.63) is 83.6 Å². The van der Waals surface area contributed by atoms with Crippen molar-refractivity contribution in [1.29, 1.82) is 0 Å². The minimum absolute atomic E-state index is 0.0646. The number of imidazole rings is 2. The Kier molecular flexibility index (Phi) is 11.9. The summed E-state index contributed by atoms with van der Waals surface area (Å²) in [6.07, 6.45) is 6.02. The van der Waals surface area contributed by atoms with Crippen molar-refractivity contribution < 1.29 is 33.4 Å². The SMILES string of the molecule is COC(=O)N[C@H](C(=O)N[C@H](c1nc2ccc(-c3ccc4c(c3)C(=O)c3cc(-c5cnc([C@@H]6CCCN6C(=O)[C@@H](NC(=O)OC)C(C)C)[nH]5)ccc3-4)cc2[nH]1)C1CCCC1)C(C)C. The molecule has 62 heavy (non-hydrogen) atoms. The van der Waals surface area contributed by atoms with Gasteiger partial charge in [0.05, 0.1) is 49.2 Å². The molecule has 3 aliphatic rings. The van der Waals surface area contributed by atoms with Gasteiger partial charge in [-0.1, -0.05) is 70.9 Å². The first-order valence-corrected chi connectivity index (χ1v) is 21.5. The van der Waals surface area contributed by atoms with Crippen LogP contribution in [-0.2, 0) is 19.1 Å². The van der Waals surface area contributed by atoms with E-state index in [1.165, 1.54) is 14.2 Å². The summed E-state index contributed by atoms with van der Waals surface area (Å²) in [4.78, 5) is 83.7. The van der Waals surface area contributed by atoms with Crippen LogP contribution in [0.3, 0.4) is 0 Å². The molecule has 4 atom stereocenters. The number of carbonyl (C=O) groups excluding carboxylic acids is 5. The van der Waals surface area contributed by atoms with Crippen LogP contribution in [0, 0.1) is 17.8 Å². The summed E-state index contributed by atoms with van der Waals surface area (Å²) < 4.78 is 9.55. The van der Waals surface area contributed by atoms with Crippen LogP contribution >= 0.6 is 0 Å². The highest BCUT2D eigenvalue weighted by Crippen LogP contribution is 2.42. The fraction of sp³-hybridized carbons (Fsp3) is 0.426. The van der Waals surface area contributed by atoms with Crippen molar-refractivity contribution in [2.45, 2.75) is 90.4 Å². The summed E-state index contributed by atoms with van der Waals surface area (Å²) in [5.41, 5.74) is 7.86. The van der Waals surface area contributed by atoms with Crippen molar-refractivity contribution in [3.63, 3.8) is 0 Å². The normalized spacial score (nSPS) is 17.5. The number of H-pyrrole nitrogens is 2. The van der Waals surface area contributed by atoms with E-state index in [-0.39, 0.29) is 47.4 Å². The summed E-state index contributed by atoms with van der Waals surface area (Å²) >= 11 is 0. The Balaban J connectivity index is 1.01. The first kappa shape index (κ1) is 42.2. The molecule has 2 aliphatic carbocycles. The van der Waals surface area contributed by atoms with E-state index < -0.39 is 24.3 Å². The van der Waals surface area contributed by atoms with Crippen molar-refractivity contribution >= 4 is 40.8 Å². The Bertz CT molecular complexity index is 2540. The maximum Gasteiger partial charge on any atom is 0.407 e. The Labute approximate surface area is 360 Å². The van der Waals surface area contributed by atoms with Crippen molar-refractivity contribution in [2.75, 3.05) is 20.8 Å². The van der Waals surface area contributed by atoms with E-state index in [1.807, 2.05) is 82.3 Å². The second-order valence-corrected chi connectivity index (χ2v) is 17.3. The Hall–Kier alpha value is -6.51. The fourth-order valence-electron chi connectivity index (χ4n) is 9.29. The largest absolute Gasteiger partial charge is 0.453 e. The van der Waals surface area contributed by atoms with Crippen molar-refractivity contribution in [1.82, 2.24) is 40.8 Å². The van der Waals surface area contributed by atoms with Crippen LogP contribution in [0.2, 0.25) is 0 Å². The van der Waals surface area contributed by atoms with Crippen LogP contribution in [0.15, 0.2) is 60.8 Å². The molecule has 8 rings (SSSR count). The number of rotatable bonds is 12. The third kappa shape index (κ3) is 8.15. The van der Waals surface area contributed by atoms with Gasteiger partial charge in [-0.25, -0.2) is 19.6 Å². The van der Waals surface area contributed by atoms with Crippen LogP contribution in [0.1, 0.15) is 106 Å². The molecule has 324 valence electrons. The number of nitrogens with one attached hydrogen (secondary N) is 5. The van der Waals surface area contributed by atoms with Gasteiger partial charge in [-0.2, -0.15) is 0 Å². The maximum atomic E-state index is 14.1. The minimum atomic E-state index is -0.768. The number of hydrogen-bond donors (Lipinski definition) is 5. The molecule has 0 radical (unpaired) electrons. The molecule has 5 N–H and O–H groups in total. The molecular formula is C47H54N8O7. The fourth-order valence-corrected chi connectivity index (χ4v) is 9.29. The van der Waals surface area contributed by atoms with Crippen LogP contribution in [0.4, 0.5) is 9.59 Å². The standard InChI is InChI=1S/C47H54N8O7/c1-24(2)38(53-46(59)61-5)44(57)52-40(26-10-7-8-11-26)43-49-34-18-15-28(22-35(34)50-43)27-13-16-30-31-17-14-29(21-33(31)41(56)32(30)20-27)36-23-48-42(51-36)37-12-9-19-55(37)45(58)39(25(3)4)54-47(60)62-6/h13-18,20-26,37-40H,7-12,19H2,1-6H3,(H,48,51)(H,49,50)(H,52,57)(H,53,59)(H,54,60)/t37-,38-,39-,40-/m0/s1. The van der Waals surface area contributed by atoms with E-state index in [2.05, 4.69) is 30.9 Å². The summed E-state index contributed by atoms with van der Waals surface area (Å²) in [5, 5.41) is 8.57. The quantitative estimate of drug-likeness (QED) is 0.0823. The number of aromatic nitrogens is 4. The molecule has 0 spiro atoms. The molecule has 0 unspecified atom stereocenters. The van der Waals surface area contributed by atoms with Gasteiger partial charge in [0.1, 0.15) is 23.7 Å². The molecule has 1 saturated heterocycles. The van der Waals surface area contributed by atoms with E-state index in [0.29, 0.717) is 29.3 Å². The Morgan fingerprint density at radius 1 is 0.726 bits per heavy atom. The Morgan fingerprint density at radius 2 is 1.34 bits per heavy atom. The lowest BCUT2D eigenvalue weighted by atomic mass is 9.96. The molecular weight excluding hydrogens is 789 g/mol. The highest BCUT2D eigenvalue weighted by atomic mass is 16.5. The number of hydrogen-bond acceptors (Lipinski definition) is 9. The average molecular weight is 843 g/mol. The number of alkyl carbamates (subject to hydrolysis) is 2. The summed E-state index contributed by atoms with van der Waals surface area (Å²) in [7, 11) is 2.55. The van der Waals surface area contributed by atoms with Crippen molar-refractivity contribution in [3.8, 4) is 33.5 Å². The van der Waals surface area contributed by atoms with Gasteiger partial charge in [-0.05, 0) is 90.0 Å². The second kappa shape index (κ2) is 17.5. The molecule has 3 aromatic carbocycles. The van der Waals surface area contributed by atoms with Gasteiger partial charge in [-0.3, -0.25) is 14.4 Å². The van der Waals surface area contributed by atoms with E-state index in [1.54, 1.807) is 11.1 Å². The van der Waals surface area contributed by atoms with Gasteiger partial charge in [0.15, 0.2) is 5.78 Å². The molecule has 5 aromatic rings. The van der Waals surface area contributed by atoms with Gasteiger partial charge in [-0.15, -0.1) is 0 Å². The predicted molar refractivity (Wildman–Crippen MR) is 233 cm³/mol. The lowest BCUT2D eigenvalue weighted by Crippen LogP contribution is -2.51. The summed E-state index contributed by atoms with van der Waals surface area (Å²) in [6.45, 7) is 8.07. The number of likely N-dealkylation sites (tertiary alicyclic amines) is 1. The lowest BCUT2D eigenvalue weighted by molar-refractivity contribution is -0.135. The minimum Gasteiger partial charge on any atom is -0.453 e. The van der Waals surface area contributed by atoms with Gasteiger partial charge in [0.2, 0.25) is 11.8 Å². The predicted octanol–water partition coefficient (Wildman–Crippen LogP) is 7.60. The zero-order valence-electron chi connectivity index (χ0n) is 36.0. The number of amides is 4. The van der Waals surface area contributed by atoms with Gasteiger partial charge in [0, 0.05) is 23.2 Å². The third-order valence-corrected chi connectivity index (χ3v) is 12.7. The average Bonchev–Trinajstić information content (AvgIpc) is 4.13. The smallest absolute Gasteiger partial charge is 0.407 e. The summed E-state index contributed by atoms with van der Waals surface area (Å²) in [5.74, 6) is 0.680. The molecule has 2 fully saturated rings. The maximum absolute atomic E-state index is 14.1. The first-order chi connectivity index (χ1) is 29.8. The number of carbonyl (C=O) groups is 5. The van der Waals surface area contributed by atoms with E-state index in [9.17, 15) is 24.0 Å². The molecule has 4 amide bonds. The number of methoxy groups -OCH3 is 2. The van der Waals surface area contributed by atoms with E-state index in [4.69, 9.17) is 14.5 Å². The molecule has 15 nitrogen and oxygen atoms in total. The number of fused-ring (bicyclic) bond motifs is 4.